The van der Waals surface area contributed by atoms with E-state index in [0.29, 0.717) is 43.6 Å². The molecule has 0 spiro atoms. The van der Waals surface area contributed by atoms with Gasteiger partial charge in [0.25, 0.3) is 0 Å². The molecule has 2 amide bonds. The van der Waals surface area contributed by atoms with E-state index in [1.165, 1.54) is 24.3 Å². The van der Waals surface area contributed by atoms with E-state index in [4.69, 9.17) is 4.74 Å². The van der Waals surface area contributed by atoms with Gasteiger partial charge in [-0.2, -0.15) is 13.2 Å². The molecule has 2 heterocycles. The molecule has 0 saturated carbocycles. The molecule has 3 rings (SSSR count). The molecule has 156 valence electrons. The van der Waals surface area contributed by atoms with Crippen LogP contribution in [0.5, 0.6) is 0 Å². The number of ether oxygens (including phenoxy) is 1. The van der Waals surface area contributed by atoms with Gasteiger partial charge in [0.05, 0.1) is 25.5 Å². The first-order valence-electron chi connectivity index (χ1n) is 8.86. The summed E-state index contributed by atoms with van der Waals surface area (Å²) in [7, 11) is 0. The Kier molecular flexibility index (Phi) is 6.80. The van der Waals surface area contributed by atoms with Gasteiger partial charge in [-0.05, 0) is 49.0 Å². The molecule has 1 aromatic heterocycles. The van der Waals surface area contributed by atoms with Gasteiger partial charge < -0.3 is 20.3 Å². The number of urea groups is 1. The summed E-state index contributed by atoms with van der Waals surface area (Å²) in [5, 5.41) is 5.27. The van der Waals surface area contributed by atoms with E-state index in [0.717, 1.165) is 5.69 Å². The Morgan fingerprint density at radius 1 is 1.21 bits per heavy atom. The summed E-state index contributed by atoms with van der Waals surface area (Å²) in [5.41, 5.74) is -2.51. The van der Waals surface area contributed by atoms with Crippen molar-refractivity contribution < 1.29 is 22.7 Å². The van der Waals surface area contributed by atoms with Gasteiger partial charge in [-0.25, -0.2) is 14.8 Å². The largest absolute Gasteiger partial charge is 0.446 e. The second-order valence-electron chi connectivity index (χ2n) is 6.28. The van der Waals surface area contributed by atoms with Crippen molar-refractivity contribution in [1.29, 1.82) is 0 Å². The Hall–Kier alpha value is -2.53. The number of aryl methyl sites for hydroxylation is 1. The highest BCUT2D eigenvalue weighted by Crippen LogP contribution is 2.37. The van der Waals surface area contributed by atoms with E-state index in [9.17, 15) is 18.0 Å². The fourth-order valence-electron chi connectivity index (χ4n) is 2.70. The fraction of sp³-hybridized carbons (Fsp3) is 0.389. The third kappa shape index (κ3) is 6.79. The molecule has 1 aliphatic rings. The van der Waals surface area contributed by atoms with Crippen LogP contribution in [-0.2, 0) is 11.3 Å². The number of nitrogens with zero attached hydrogens (tertiary/aromatic N) is 3. The number of hydrogen-bond acceptors (Lipinski definition) is 6. The topological polar surface area (TPSA) is 79.4 Å². The maximum Gasteiger partial charge on any atom is 0.446 e. The minimum absolute atomic E-state index is 0.0514. The number of morpholine rings is 1. The first-order valence-corrected chi connectivity index (χ1v) is 9.68. The summed E-state index contributed by atoms with van der Waals surface area (Å²) in [4.78, 5) is 23.1. The van der Waals surface area contributed by atoms with Gasteiger partial charge in [-0.15, -0.1) is 0 Å². The molecule has 1 aliphatic heterocycles. The number of amides is 2. The van der Waals surface area contributed by atoms with Crippen LogP contribution >= 0.6 is 11.8 Å². The number of hydrogen-bond donors (Lipinski definition) is 2. The number of carbonyl (C=O) groups is 1. The third-order valence-electron chi connectivity index (χ3n) is 3.97. The predicted octanol–water partition coefficient (Wildman–Crippen LogP) is 3.56. The number of halogens is 3. The highest BCUT2D eigenvalue weighted by Gasteiger charge is 2.29. The van der Waals surface area contributed by atoms with Gasteiger partial charge >= 0.3 is 11.5 Å². The molecular weight excluding hydrogens is 407 g/mol. The lowest BCUT2D eigenvalue weighted by Crippen LogP contribution is -2.37. The average molecular weight is 427 g/mol. The van der Waals surface area contributed by atoms with E-state index >= 15 is 0 Å². The van der Waals surface area contributed by atoms with Gasteiger partial charge in [0.2, 0.25) is 5.95 Å². The quantitative estimate of drug-likeness (QED) is 0.711. The number of anilines is 2. The Bertz CT molecular complexity index is 842. The Morgan fingerprint density at radius 2 is 1.90 bits per heavy atom. The maximum atomic E-state index is 12.4. The molecule has 7 nitrogen and oxygen atoms in total. The number of benzene rings is 1. The smallest absolute Gasteiger partial charge is 0.378 e. The molecule has 1 fully saturated rings. The first-order chi connectivity index (χ1) is 13.8. The summed E-state index contributed by atoms with van der Waals surface area (Å²) in [6.07, 6.45) is 0. The van der Waals surface area contributed by atoms with Gasteiger partial charge in [0.1, 0.15) is 0 Å². The number of nitrogens with one attached hydrogen (secondary N) is 2. The second kappa shape index (κ2) is 9.31. The summed E-state index contributed by atoms with van der Waals surface area (Å²) in [6, 6.07) is 6.74. The van der Waals surface area contributed by atoms with Crippen molar-refractivity contribution in [3.63, 3.8) is 0 Å². The molecule has 11 heteroatoms. The van der Waals surface area contributed by atoms with Crippen LogP contribution in [0.2, 0.25) is 0 Å². The molecule has 1 aromatic carbocycles. The lowest BCUT2D eigenvalue weighted by Gasteiger charge is -2.27. The molecule has 2 N–H and O–H groups in total. The molecular formula is C18H20F3N5O2S. The van der Waals surface area contributed by atoms with E-state index < -0.39 is 11.5 Å². The zero-order valence-electron chi connectivity index (χ0n) is 15.6. The molecule has 1 saturated heterocycles. The molecule has 0 bridgehead atoms. The van der Waals surface area contributed by atoms with E-state index in [1.807, 2.05) is 11.8 Å². The van der Waals surface area contributed by atoms with Crippen molar-refractivity contribution in [2.24, 2.45) is 0 Å². The minimum atomic E-state index is -4.35. The van der Waals surface area contributed by atoms with Crippen LogP contribution in [0.25, 0.3) is 0 Å². The average Bonchev–Trinajstić information content (AvgIpc) is 2.67. The van der Waals surface area contributed by atoms with Gasteiger partial charge in [-0.1, -0.05) is 0 Å². The Labute approximate surface area is 170 Å². The molecule has 0 atom stereocenters. The Balaban J connectivity index is 1.54. The van der Waals surface area contributed by atoms with E-state index in [2.05, 4.69) is 20.6 Å². The second-order valence-corrected chi connectivity index (χ2v) is 7.42. The van der Waals surface area contributed by atoms with Crippen LogP contribution in [0.4, 0.5) is 29.6 Å². The van der Waals surface area contributed by atoms with E-state index in [-0.39, 0.29) is 23.2 Å². The van der Waals surface area contributed by atoms with Crippen molar-refractivity contribution >= 4 is 29.4 Å². The molecule has 29 heavy (non-hydrogen) atoms. The number of aromatic nitrogens is 2. The zero-order valence-corrected chi connectivity index (χ0v) is 16.4. The number of alkyl halides is 3. The summed E-state index contributed by atoms with van der Waals surface area (Å²) >= 11 is -0.204. The summed E-state index contributed by atoms with van der Waals surface area (Å²) < 4.78 is 42.4. The fourth-order valence-corrected chi connectivity index (χ4v) is 3.24. The van der Waals surface area contributed by atoms with Crippen LogP contribution in [0.1, 0.15) is 11.4 Å². The van der Waals surface area contributed by atoms with Crippen LogP contribution in [-0.4, -0.2) is 47.8 Å². The number of carbonyl (C=O) groups excluding carboxylic acids is 1. The van der Waals surface area contributed by atoms with Crippen molar-refractivity contribution in [3.8, 4) is 0 Å². The first kappa shape index (κ1) is 21.2. The number of rotatable bonds is 5. The van der Waals surface area contributed by atoms with Crippen LogP contribution in [0, 0.1) is 6.92 Å². The van der Waals surface area contributed by atoms with Gasteiger partial charge in [0.15, 0.2) is 0 Å². The van der Waals surface area contributed by atoms with Crippen LogP contribution in [0.3, 0.4) is 0 Å². The molecule has 2 aromatic rings. The predicted molar refractivity (Wildman–Crippen MR) is 104 cm³/mol. The lowest BCUT2D eigenvalue weighted by molar-refractivity contribution is -0.0328. The standard InChI is InChI=1S/C18H20F3N5O2S/c1-12-10-14(24-16(23-12)26-6-8-28-9-7-26)11-22-17(27)25-13-2-4-15(5-3-13)29-18(19,20)21/h2-5,10H,6-9,11H2,1H3,(H2,22,25,27). The summed E-state index contributed by atoms with van der Waals surface area (Å²) in [6.45, 7) is 4.70. The highest BCUT2D eigenvalue weighted by molar-refractivity contribution is 8.00. The summed E-state index contributed by atoms with van der Waals surface area (Å²) in [5.74, 6) is 0.600. The molecule has 0 aliphatic carbocycles. The van der Waals surface area contributed by atoms with Gasteiger partial charge in [0, 0.05) is 29.4 Å². The third-order valence-corrected chi connectivity index (χ3v) is 4.70. The molecule has 0 unspecified atom stereocenters. The van der Waals surface area contributed by atoms with Crippen LogP contribution in [0.15, 0.2) is 35.2 Å². The lowest BCUT2D eigenvalue weighted by atomic mass is 10.3. The van der Waals surface area contributed by atoms with Crippen molar-refractivity contribution in [2.75, 3.05) is 36.5 Å². The normalized spacial score (nSPS) is 14.6. The maximum absolute atomic E-state index is 12.4. The highest BCUT2D eigenvalue weighted by atomic mass is 32.2. The van der Waals surface area contributed by atoms with E-state index in [1.54, 1.807) is 6.07 Å². The van der Waals surface area contributed by atoms with Crippen LogP contribution < -0.4 is 15.5 Å². The van der Waals surface area contributed by atoms with Crippen molar-refractivity contribution in [1.82, 2.24) is 15.3 Å². The zero-order chi connectivity index (χ0) is 20.9. The number of thioether (sulfide) groups is 1. The molecule has 0 radical (unpaired) electrons. The minimum Gasteiger partial charge on any atom is -0.378 e. The van der Waals surface area contributed by atoms with Crippen molar-refractivity contribution in [2.45, 2.75) is 23.9 Å². The van der Waals surface area contributed by atoms with Crippen molar-refractivity contribution in [3.05, 3.63) is 41.7 Å². The SMILES string of the molecule is Cc1cc(CNC(=O)Nc2ccc(SC(F)(F)F)cc2)nc(N2CCOCC2)n1. The monoisotopic (exact) mass is 427 g/mol. The Morgan fingerprint density at radius 3 is 2.55 bits per heavy atom. The van der Waals surface area contributed by atoms with Gasteiger partial charge in [-0.3, -0.25) is 0 Å².